The van der Waals surface area contributed by atoms with Gasteiger partial charge in [-0.15, -0.1) is 0 Å². The van der Waals surface area contributed by atoms with Crippen LogP contribution in [0.3, 0.4) is 0 Å². The molecule has 9 amide bonds. The lowest BCUT2D eigenvalue weighted by Gasteiger charge is -2.28. The van der Waals surface area contributed by atoms with Crippen molar-refractivity contribution < 1.29 is 96.5 Å². The standard InChI is InChI=1S/C74H100N12O20/c1-8-9-10-11-12-13-14-20-48(88)29-46(28-47-36-78-54-24-18-16-21-49(47)54)71(102)85-56(35-64(77)94)62(92)30-45(31-67(97)98)59(89)33-52-44(7)106-74(105)57(34-60(90)50-22-15-17-23-53(50)76)86-73(104)51(40(2)3)32-63(93)58(39-87)84-66(96)37-79-69(100)42(5)82-70(101)43(6)81-68(99)41(4)27-61(91)55(25-19-26-75)83-65(95)38-80-72(52)103/h2,4-5,15-18,21-24,36,40-46,51-52,55-58,78,87H,8-14,19-20,25-35,37-39,75-76H2,1,3,6-7H3,(H2,77,94)(H,79,100)(H,80,103)(H,81,99)(H,82,101)(H,83,95)(H,84,96)(H,85,102)(H,86,104)(H,97,98). The zero-order valence-electron chi connectivity index (χ0n) is 60.2. The molecule has 1 saturated heterocycles. The average Bonchev–Trinajstić information content (AvgIpc) is 1.64. The number of carbonyl (C=O) groups is 17. The molecule has 576 valence electrons. The smallest absolute Gasteiger partial charge is 0.329 e. The van der Waals surface area contributed by atoms with E-state index in [2.05, 4.69) is 54.4 Å². The van der Waals surface area contributed by atoms with E-state index in [1.807, 2.05) is 0 Å². The van der Waals surface area contributed by atoms with Crippen molar-refractivity contribution in [2.45, 2.75) is 192 Å². The SMILES string of the molecule is [CH]C1CC(=O)C(CCCN)NC(=O)CNC(=O)C(CC(=O)C(CC(=O)O)CC(=O)C(CC(N)=O)NC(=O)C(CC(=O)CCCCCCCCC)Cc2c[nH]c3ccccc23)C(C)OC(=O)C(CC(=O)c2ccccc2N)NC(=O)C(C([CH])C)CC(=O)C(CO)NC(=O)CNC(=O)C([CH])NC(=O)C(C)NC1=O. The van der Waals surface area contributed by atoms with Crippen LogP contribution in [0.4, 0.5) is 5.69 Å². The minimum absolute atomic E-state index is 0.0196. The zero-order chi connectivity index (χ0) is 78.9. The van der Waals surface area contributed by atoms with Gasteiger partial charge in [0.2, 0.25) is 53.2 Å². The number of carboxylic acids is 1. The Morgan fingerprint density at radius 2 is 1.29 bits per heavy atom. The number of ether oxygens (including phenoxy) is 1. The Morgan fingerprint density at radius 3 is 1.92 bits per heavy atom. The van der Waals surface area contributed by atoms with Crippen molar-refractivity contribution in [1.29, 1.82) is 0 Å². The van der Waals surface area contributed by atoms with E-state index in [0.29, 0.717) is 12.0 Å². The molecule has 13 atom stereocenters. The van der Waals surface area contributed by atoms with Crippen LogP contribution in [0.2, 0.25) is 0 Å². The molecule has 0 spiro atoms. The van der Waals surface area contributed by atoms with Crippen LogP contribution in [0, 0.1) is 56.3 Å². The number of H-pyrrole nitrogens is 1. The van der Waals surface area contributed by atoms with Gasteiger partial charge < -0.3 is 79.7 Å². The second kappa shape index (κ2) is 44.6. The number of esters is 1. The Hall–Kier alpha value is -10.1. The van der Waals surface area contributed by atoms with Gasteiger partial charge in [0.15, 0.2) is 23.1 Å². The van der Waals surface area contributed by atoms with Crippen LogP contribution in [-0.4, -0.2) is 184 Å². The van der Waals surface area contributed by atoms with Crippen molar-refractivity contribution in [2.75, 3.05) is 32.0 Å². The van der Waals surface area contributed by atoms with Gasteiger partial charge in [0.05, 0.1) is 50.5 Å². The molecule has 0 bridgehead atoms. The molecule has 3 aromatic rings. The summed E-state index contributed by atoms with van der Waals surface area (Å²) in [4.78, 5) is 238. The summed E-state index contributed by atoms with van der Waals surface area (Å²) in [5.41, 5.74) is 18.6. The Kier molecular flexibility index (Phi) is 37.2. The number of nitrogen functional groups attached to an aromatic ring is 1. The first-order valence-electron chi connectivity index (χ1n) is 35.4. The number of nitrogens with one attached hydrogen (secondary N) is 9. The normalized spacial score (nSPS) is 22.1. The fraction of sp³-hybridized carbons (Fsp3) is 0.541. The topological polar surface area (TPSA) is 530 Å². The number of aromatic amines is 1. The maximum Gasteiger partial charge on any atom is 0.329 e. The van der Waals surface area contributed by atoms with Crippen LogP contribution >= 0.6 is 0 Å². The van der Waals surface area contributed by atoms with Crippen LogP contribution in [0.1, 0.15) is 159 Å². The zero-order valence-corrected chi connectivity index (χ0v) is 60.2. The van der Waals surface area contributed by atoms with E-state index in [-0.39, 0.29) is 55.7 Å². The summed E-state index contributed by atoms with van der Waals surface area (Å²) in [7, 11) is 0. The number of cyclic esters (lactones) is 1. The summed E-state index contributed by atoms with van der Waals surface area (Å²) >= 11 is 0. The summed E-state index contributed by atoms with van der Waals surface area (Å²) in [6, 6.07) is 2.24. The second-order valence-electron chi connectivity index (χ2n) is 26.7. The number of benzene rings is 2. The molecule has 4 rings (SSSR count). The number of hydrogen-bond donors (Lipinski definition) is 14. The van der Waals surface area contributed by atoms with Crippen LogP contribution in [0.15, 0.2) is 54.7 Å². The molecule has 32 nitrogen and oxygen atoms in total. The number of Topliss-reactive ketones (excluding diaryl/α,β-unsaturated/α-hetero) is 6. The molecular formula is C74H100N12O20. The lowest BCUT2D eigenvalue weighted by molar-refractivity contribution is -0.158. The number of nitrogens with two attached hydrogens (primary N) is 3. The summed E-state index contributed by atoms with van der Waals surface area (Å²) in [5.74, 6) is -28.1. The molecule has 6 radical (unpaired) electrons. The number of aliphatic hydroxyl groups excluding tert-OH is 1. The molecule has 2 aromatic carbocycles. The van der Waals surface area contributed by atoms with Gasteiger partial charge in [0, 0.05) is 97.0 Å². The van der Waals surface area contributed by atoms with Crippen LogP contribution < -0.4 is 59.7 Å². The third-order valence-electron chi connectivity index (χ3n) is 18.0. The minimum atomic E-state index is -2.09. The van der Waals surface area contributed by atoms with E-state index in [1.54, 1.807) is 30.5 Å². The molecule has 1 fully saturated rings. The van der Waals surface area contributed by atoms with Crippen molar-refractivity contribution in [3.05, 3.63) is 86.6 Å². The monoisotopic (exact) mass is 1480 g/mol. The molecule has 13 unspecified atom stereocenters. The Bertz CT molecular complexity index is 3630. The number of fused-ring (bicyclic) bond motifs is 1. The number of carbonyl (C=O) groups excluding carboxylic acids is 16. The highest BCUT2D eigenvalue weighted by Crippen LogP contribution is 2.27. The average molecular weight is 1480 g/mol. The molecular weight excluding hydrogens is 1380 g/mol. The molecule has 0 aliphatic carbocycles. The maximum absolute atomic E-state index is 14.9. The molecule has 0 saturated carbocycles. The fourth-order valence-electron chi connectivity index (χ4n) is 11.8. The first-order chi connectivity index (χ1) is 50.2. The molecule has 32 heteroatoms. The minimum Gasteiger partial charge on any atom is -0.481 e. The lowest BCUT2D eigenvalue weighted by atomic mass is 9.84. The van der Waals surface area contributed by atoms with Gasteiger partial charge in [-0.25, -0.2) is 4.79 Å². The summed E-state index contributed by atoms with van der Waals surface area (Å²) in [5, 5.41) is 39.5. The predicted molar refractivity (Wildman–Crippen MR) is 382 cm³/mol. The summed E-state index contributed by atoms with van der Waals surface area (Å²) < 4.78 is 5.80. The third kappa shape index (κ3) is 29.4. The first-order valence-corrected chi connectivity index (χ1v) is 35.4. The largest absolute Gasteiger partial charge is 0.481 e. The lowest BCUT2D eigenvalue weighted by Crippen LogP contribution is -2.54. The van der Waals surface area contributed by atoms with E-state index in [4.69, 9.17) is 42.7 Å². The highest BCUT2D eigenvalue weighted by molar-refractivity contribution is 6.05. The number of para-hydroxylation sites is 2. The van der Waals surface area contributed by atoms with E-state index >= 15 is 0 Å². The Morgan fingerprint density at radius 1 is 0.670 bits per heavy atom. The number of unbranched alkanes of at least 4 members (excludes halogenated alkanes) is 6. The van der Waals surface area contributed by atoms with Gasteiger partial charge >= 0.3 is 11.9 Å². The van der Waals surface area contributed by atoms with Gasteiger partial charge in [0.25, 0.3) is 0 Å². The number of hydrogen-bond acceptors (Lipinski definition) is 21. The van der Waals surface area contributed by atoms with E-state index in [9.17, 15) is 91.7 Å². The van der Waals surface area contributed by atoms with Crippen molar-refractivity contribution in [2.24, 2.45) is 47.0 Å². The third-order valence-corrected chi connectivity index (χ3v) is 18.0. The van der Waals surface area contributed by atoms with E-state index in [0.717, 1.165) is 63.3 Å². The molecule has 106 heavy (non-hydrogen) atoms. The van der Waals surface area contributed by atoms with Gasteiger partial charge in [0.1, 0.15) is 41.8 Å². The predicted octanol–water partition coefficient (Wildman–Crippen LogP) is 0.540. The quantitative estimate of drug-likeness (QED) is 0.0176. The number of anilines is 1. The summed E-state index contributed by atoms with van der Waals surface area (Å²) in [6.07, 6.45) is -0.861. The van der Waals surface area contributed by atoms with Gasteiger partial charge in [-0.3, -0.25) is 76.7 Å². The van der Waals surface area contributed by atoms with Crippen molar-refractivity contribution in [3.63, 3.8) is 0 Å². The molecule has 17 N–H and O–H groups in total. The molecule has 1 aliphatic heterocycles. The number of carboxylic acid groups (broad SMARTS) is 1. The van der Waals surface area contributed by atoms with Gasteiger partial charge in [-0.05, 0) is 96.5 Å². The molecule has 1 aromatic heterocycles. The fourth-order valence-corrected chi connectivity index (χ4v) is 11.8. The second-order valence-corrected chi connectivity index (χ2v) is 26.7. The van der Waals surface area contributed by atoms with E-state index < -0.39 is 237 Å². The van der Waals surface area contributed by atoms with Gasteiger partial charge in [-0.1, -0.05) is 82.7 Å². The number of aliphatic hydroxyl groups is 1. The Balaban J connectivity index is 1.79. The van der Waals surface area contributed by atoms with Crippen LogP contribution in [-0.2, 0) is 87.9 Å². The molecule has 1 aliphatic rings. The van der Waals surface area contributed by atoms with Crippen LogP contribution in [0.5, 0.6) is 0 Å². The van der Waals surface area contributed by atoms with Crippen molar-refractivity contribution in [1.82, 2.24) is 47.5 Å². The highest BCUT2D eigenvalue weighted by atomic mass is 16.5. The first kappa shape index (κ1) is 88.3. The highest BCUT2D eigenvalue weighted by Gasteiger charge is 2.40. The number of aliphatic carboxylic acids is 1. The number of amides is 9. The molecule has 2 heterocycles. The number of aromatic nitrogens is 1. The van der Waals surface area contributed by atoms with Crippen molar-refractivity contribution in [3.8, 4) is 0 Å². The number of ketones is 6. The summed E-state index contributed by atoms with van der Waals surface area (Å²) in [6.45, 7) is 20.7. The van der Waals surface area contributed by atoms with Crippen molar-refractivity contribution >= 4 is 116 Å². The van der Waals surface area contributed by atoms with E-state index in [1.165, 1.54) is 31.2 Å². The maximum atomic E-state index is 14.9. The number of primary amides is 1. The number of rotatable bonds is 32. The van der Waals surface area contributed by atoms with Gasteiger partial charge in [-0.2, -0.15) is 0 Å². The Labute approximate surface area is 615 Å². The van der Waals surface area contributed by atoms with Crippen LogP contribution in [0.25, 0.3) is 10.9 Å².